The molecule has 0 saturated carbocycles. The minimum absolute atomic E-state index is 0.241. The van der Waals surface area contributed by atoms with Crippen LogP contribution in [-0.2, 0) is 6.61 Å². The van der Waals surface area contributed by atoms with Crippen LogP contribution in [0.15, 0.2) is 67.0 Å². The molecule has 27 heavy (non-hydrogen) atoms. The number of benzene rings is 2. The Labute approximate surface area is 160 Å². The predicted octanol–water partition coefficient (Wildman–Crippen LogP) is 3.67. The van der Waals surface area contributed by atoms with Crippen molar-refractivity contribution >= 4 is 29.1 Å². The lowest BCUT2D eigenvalue weighted by atomic mass is 10.2. The summed E-state index contributed by atoms with van der Waals surface area (Å²) in [6, 6.07) is 15.5. The van der Waals surface area contributed by atoms with E-state index in [9.17, 15) is 9.59 Å². The number of carbonyl (C=O) groups is 2. The van der Waals surface area contributed by atoms with E-state index in [0.29, 0.717) is 22.0 Å². The van der Waals surface area contributed by atoms with E-state index in [2.05, 4.69) is 10.3 Å². The van der Waals surface area contributed by atoms with Crippen LogP contribution in [0.1, 0.15) is 26.3 Å². The molecule has 3 aromatic rings. The molecule has 1 heterocycles. The SMILES string of the molecule is NC(=O)c1cncc(OCc2cccc(NC(=O)c3cccc(Cl)c3)c2)c1. The van der Waals surface area contributed by atoms with Gasteiger partial charge in [-0.3, -0.25) is 14.6 Å². The van der Waals surface area contributed by atoms with Crippen molar-refractivity contribution in [2.24, 2.45) is 5.73 Å². The molecular formula is C20H16ClN3O3. The summed E-state index contributed by atoms with van der Waals surface area (Å²) in [5.41, 5.74) is 7.44. The number of ether oxygens (including phenoxy) is 1. The Hall–Kier alpha value is -3.38. The van der Waals surface area contributed by atoms with E-state index in [1.807, 2.05) is 12.1 Å². The van der Waals surface area contributed by atoms with Crippen molar-refractivity contribution in [1.82, 2.24) is 4.98 Å². The summed E-state index contributed by atoms with van der Waals surface area (Å²) in [6.45, 7) is 0.241. The predicted molar refractivity (Wildman–Crippen MR) is 103 cm³/mol. The second-order valence-electron chi connectivity index (χ2n) is 5.73. The van der Waals surface area contributed by atoms with Gasteiger partial charge in [-0.05, 0) is 42.0 Å². The van der Waals surface area contributed by atoms with E-state index in [1.54, 1.807) is 36.4 Å². The van der Waals surface area contributed by atoms with Crippen LogP contribution in [0.25, 0.3) is 0 Å². The molecule has 0 fully saturated rings. The van der Waals surface area contributed by atoms with E-state index >= 15 is 0 Å². The Bertz CT molecular complexity index is 991. The number of hydrogen-bond donors (Lipinski definition) is 2. The highest BCUT2D eigenvalue weighted by atomic mass is 35.5. The van der Waals surface area contributed by atoms with E-state index in [1.165, 1.54) is 18.5 Å². The molecule has 0 atom stereocenters. The number of anilines is 1. The highest BCUT2D eigenvalue weighted by Gasteiger charge is 2.08. The molecule has 6 nitrogen and oxygen atoms in total. The summed E-state index contributed by atoms with van der Waals surface area (Å²) in [5.74, 6) is -0.396. The van der Waals surface area contributed by atoms with Crippen LogP contribution >= 0.6 is 11.6 Å². The Balaban J connectivity index is 1.66. The second kappa shape index (κ2) is 8.33. The Morgan fingerprint density at radius 3 is 2.63 bits per heavy atom. The molecule has 7 heteroatoms. The number of pyridine rings is 1. The monoisotopic (exact) mass is 381 g/mol. The van der Waals surface area contributed by atoms with Crippen molar-refractivity contribution in [2.45, 2.75) is 6.61 Å². The van der Waals surface area contributed by atoms with Gasteiger partial charge < -0.3 is 15.8 Å². The van der Waals surface area contributed by atoms with Gasteiger partial charge in [0, 0.05) is 22.5 Å². The largest absolute Gasteiger partial charge is 0.487 e. The minimum atomic E-state index is -0.571. The second-order valence-corrected chi connectivity index (χ2v) is 6.16. The summed E-state index contributed by atoms with van der Waals surface area (Å²) in [7, 11) is 0. The van der Waals surface area contributed by atoms with Gasteiger partial charge >= 0.3 is 0 Å². The van der Waals surface area contributed by atoms with Gasteiger partial charge in [-0.25, -0.2) is 0 Å². The molecule has 0 saturated heterocycles. The van der Waals surface area contributed by atoms with Crippen LogP contribution in [0, 0.1) is 0 Å². The average Bonchev–Trinajstić information content (AvgIpc) is 2.67. The molecular weight excluding hydrogens is 366 g/mol. The van der Waals surface area contributed by atoms with E-state index in [4.69, 9.17) is 22.1 Å². The van der Waals surface area contributed by atoms with Crippen molar-refractivity contribution in [1.29, 1.82) is 0 Å². The lowest BCUT2D eigenvalue weighted by molar-refractivity contribution is 0.0997. The molecule has 3 N–H and O–H groups in total. The van der Waals surface area contributed by atoms with E-state index < -0.39 is 5.91 Å². The first-order chi connectivity index (χ1) is 13.0. The third kappa shape index (κ3) is 5.05. The summed E-state index contributed by atoms with van der Waals surface area (Å²) in [6.07, 6.45) is 2.87. The maximum atomic E-state index is 12.3. The maximum absolute atomic E-state index is 12.3. The van der Waals surface area contributed by atoms with Gasteiger partial charge in [-0.1, -0.05) is 29.8 Å². The number of primary amides is 1. The number of amides is 2. The number of carbonyl (C=O) groups excluding carboxylic acids is 2. The molecule has 2 aromatic carbocycles. The van der Waals surface area contributed by atoms with Crippen molar-refractivity contribution < 1.29 is 14.3 Å². The molecule has 0 aliphatic heterocycles. The standard InChI is InChI=1S/C20H16ClN3O3/c21-16-5-2-4-14(8-16)20(26)24-17-6-1-3-13(7-17)12-27-18-9-15(19(22)25)10-23-11-18/h1-11H,12H2,(H2,22,25)(H,24,26). The van der Waals surface area contributed by atoms with Crippen LogP contribution in [-0.4, -0.2) is 16.8 Å². The van der Waals surface area contributed by atoms with Gasteiger partial charge in [0.2, 0.25) is 5.91 Å². The fourth-order valence-electron chi connectivity index (χ4n) is 2.37. The number of nitrogens with zero attached hydrogens (tertiary/aromatic N) is 1. The van der Waals surface area contributed by atoms with Crippen LogP contribution in [0.3, 0.4) is 0 Å². The summed E-state index contributed by atoms with van der Waals surface area (Å²) >= 11 is 5.92. The van der Waals surface area contributed by atoms with Crippen molar-refractivity contribution in [3.63, 3.8) is 0 Å². The lowest BCUT2D eigenvalue weighted by Crippen LogP contribution is -2.12. The summed E-state index contributed by atoms with van der Waals surface area (Å²) < 4.78 is 5.64. The molecule has 1 aromatic heterocycles. The van der Waals surface area contributed by atoms with Gasteiger partial charge in [0.15, 0.2) is 0 Å². The van der Waals surface area contributed by atoms with Crippen LogP contribution in [0.2, 0.25) is 5.02 Å². The molecule has 0 spiro atoms. The first-order valence-corrected chi connectivity index (χ1v) is 8.42. The van der Waals surface area contributed by atoms with Crippen molar-refractivity contribution in [2.75, 3.05) is 5.32 Å². The zero-order valence-electron chi connectivity index (χ0n) is 14.2. The third-order valence-corrected chi connectivity index (χ3v) is 3.91. The first-order valence-electron chi connectivity index (χ1n) is 8.05. The number of halogens is 1. The Kier molecular flexibility index (Phi) is 5.68. The third-order valence-electron chi connectivity index (χ3n) is 3.67. The fourth-order valence-corrected chi connectivity index (χ4v) is 2.56. The number of nitrogens with one attached hydrogen (secondary N) is 1. The average molecular weight is 382 g/mol. The van der Waals surface area contributed by atoms with E-state index in [-0.39, 0.29) is 18.1 Å². The van der Waals surface area contributed by atoms with Gasteiger partial charge in [0.1, 0.15) is 12.4 Å². The molecule has 0 bridgehead atoms. The van der Waals surface area contributed by atoms with Gasteiger partial charge in [0.05, 0.1) is 11.8 Å². The van der Waals surface area contributed by atoms with Gasteiger partial charge in [-0.2, -0.15) is 0 Å². The quantitative estimate of drug-likeness (QED) is 0.681. The maximum Gasteiger partial charge on any atom is 0.255 e. The highest BCUT2D eigenvalue weighted by Crippen LogP contribution is 2.17. The Morgan fingerprint density at radius 2 is 1.85 bits per heavy atom. The smallest absolute Gasteiger partial charge is 0.255 e. The van der Waals surface area contributed by atoms with Gasteiger partial charge in [0.25, 0.3) is 5.91 Å². The van der Waals surface area contributed by atoms with E-state index in [0.717, 1.165) is 5.56 Å². The molecule has 3 rings (SSSR count). The van der Waals surface area contributed by atoms with Crippen LogP contribution in [0.5, 0.6) is 5.75 Å². The highest BCUT2D eigenvalue weighted by molar-refractivity contribution is 6.31. The number of hydrogen-bond acceptors (Lipinski definition) is 4. The normalized spacial score (nSPS) is 10.3. The zero-order valence-corrected chi connectivity index (χ0v) is 14.9. The topological polar surface area (TPSA) is 94.3 Å². The summed E-state index contributed by atoms with van der Waals surface area (Å²) in [5, 5.41) is 3.32. The Morgan fingerprint density at radius 1 is 1.04 bits per heavy atom. The number of aromatic nitrogens is 1. The van der Waals surface area contributed by atoms with Crippen LogP contribution < -0.4 is 15.8 Å². The summed E-state index contributed by atoms with van der Waals surface area (Å²) in [4.78, 5) is 27.4. The number of rotatable bonds is 6. The van der Waals surface area contributed by atoms with Crippen molar-refractivity contribution in [3.05, 3.63) is 88.7 Å². The molecule has 2 amide bonds. The molecule has 0 aliphatic rings. The van der Waals surface area contributed by atoms with Gasteiger partial charge in [-0.15, -0.1) is 0 Å². The minimum Gasteiger partial charge on any atom is -0.487 e. The van der Waals surface area contributed by atoms with Crippen LogP contribution in [0.4, 0.5) is 5.69 Å². The molecule has 0 radical (unpaired) electrons. The fraction of sp³-hybridized carbons (Fsp3) is 0.0500. The molecule has 136 valence electrons. The lowest BCUT2D eigenvalue weighted by Gasteiger charge is -2.09. The first kappa shape index (κ1) is 18.4. The van der Waals surface area contributed by atoms with Crippen molar-refractivity contribution in [3.8, 4) is 5.75 Å². The molecule has 0 unspecified atom stereocenters. The zero-order chi connectivity index (χ0) is 19.2. The number of nitrogens with two attached hydrogens (primary N) is 1. The molecule has 0 aliphatic carbocycles.